The van der Waals surface area contributed by atoms with Gasteiger partial charge in [-0.25, -0.2) is 0 Å². The maximum atomic E-state index is 12.2. The van der Waals surface area contributed by atoms with Crippen LogP contribution in [0.25, 0.3) is 0 Å². The van der Waals surface area contributed by atoms with Gasteiger partial charge in [-0.05, 0) is 12.5 Å². The standard InChI is InChI=1S/C14H20BrNO2/c1-2-3-9-16(10-8-15)14(18)11-12-6-4-5-7-13(12)17/h4-7,17H,2-3,8-11H2,1H3. The van der Waals surface area contributed by atoms with Gasteiger partial charge in [0, 0.05) is 24.0 Å². The quantitative estimate of drug-likeness (QED) is 0.786. The summed E-state index contributed by atoms with van der Waals surface area (Å²) >= 11 is 3.37. The van der Waals surface area contributed by atoms with Gasteiger partial charge in [-0.3, -0.25) is 4.79 Å². The van der Waals surface area contributed by atoms with Gasteiger partial charge < -0.3 is 10.0 Å². The van der Waals surface area contributed by atoms with Crippen LogP contribution in [0, 0.1) is 0 Å². The summed E-state index contributed by atoms with van der Waals surface area (Å²) in [4.78, 5) is 14.0. The molecule has 1 aromatic rings. The van der Waals surface area contributed by atoms with Crippen LogP contribution >= 0.6 is 15.9 Å². The number of benzene rings is 1. The average Bonchev–Trinajstić information content (AvgIpc) is 2.37. The molecule has 4 heteroatoms. The van der Waals surface area contributed by atoms with Crippen molar-refractivity contribution >= 4 is 21.8 Å². The van der Waals surface area contributed by atoms with E-state index in [4.69, 9.17) is 0 Å². The fourth-order valence-corrected chi connectivity index (χ4v) is 2.18. The Bertz CT molecular complexity index is 382. The second kappa shape index (κ2) is 8.14. The zero-order valence-electron chi connectivity index (χ0n) is 10.7. The SMILES string of the molecule is CCCCN(CCBr)C(=O)Cc1ccccc1O. The number of phenols is 1. The van der Waals surface area contributed by atoms with E-state index >= 15 is 0 Å². The molecule has 1 rings (SSSR count). The van der Waals surface area contributed by atoms with E-state index in [1.54, 1.807) is 18.2 Å². The molecule has 0 radical (unpaired) electrons. The van der Waals surface area contributed by atoms with E-state index in [9.17, 15) is 9.90 Å². The third-order valence-corrected chi connectivity index (χ3v) is 3.18. The van der Waals surface area contributed by atoms with Crippen LogP contribution in [0.2, 0.25) is 0 Å². The molecule has 1 aromatic carbocycles. The van der Waals surface area contributed by atoms with Crippen molar-refractivity contribution in [3.63, 3.8) is 0 Å². The van der Waals surface area contributed by atoms with E-state index in [0.717, 1.165) is 24.7 Å². The molecular weight excluding hydrogens is 294 g/mol. The fourth-order valence-electron chi connectivity index (χ4n) is 1.75. The molecule has 100 valence electrons. The zero-order valence-corrected chi connectivity index (χ0v) is 12.3. The minimum atomic E-state index is 0.0735. The maximum Gasteiger partial charge on any atom is 0.227 e. The van der Waals surface area contributed by atoms with Gasteiger partial charge in [-0.2, -0.15) is 0 Å². The van der Waals surface area contributed by atoms with Crippen molar-refractivity contribution in [2.45, 2.75) is 26.2 Å². The molecule has 0 spiro atoms. The van der Waals surface area contributed by atoms with Crippen LogP contribution in [0.15, 0.2) is 24.3 Å². The van der Waals surface area contributed by atoms with E-state index in [0.29, 0.717) is 12.1 Å². The lowest BCUT2D eigenvalue weighted by atomic mass is 10.1. The Morgan fingerprint density at radius 2 is 2.06 bits per heavy atom. The van der Waals surface area contributed by atoms with Crippen molar-refractivity contribution < 1.29 is 9.90 Å². The Labute approximate surface area is 117 Å². The lowest BCUT2D eigenvalue weighted by molar-refractivity contribution is -0.130. The lowest BCUT2D eigenvalue weighted by Gasteiger charge is -2.21. The van der Waals surface area contributed by atoms with Gasteiger partial charge in [0.1, 0.15) is 5.75 Å². The number of phenolic OH excluding ortho intramolecular Hbond substituents is 1. The lowest BCUT2D eigenvalue weighted by Crippen LogP contribution is -2.34. The topological polar surface area (TPSA) is 40.5 Å². The number of para-hydroxylation sites is 1. The largest absolute Gasteiger partial charge is 0.508 e. The number of amides is 1. The second-order valence-corrected chi connectivity index (χ2v) is 5.02. The zero-order chi connectivity index (χ0) is 13.4. The molecule has 0 saturated carbocycles. The molecular formula is C14H20BrNO2. The van der Waals surface area contributed by atoms with Gasteiger partial charge >= 0.3 is 0 Å². The molecule has 0 bridgehead atoms. The van der Waals surface area contributed by atoms with E-state index in [2.05, 4.69) is 22.9 Å². The number of aromatic hydroxyl groups is 1. The van der Waals surface area contributed by atoms with Crippen molar-refractivity contribution in [2.24, 2.45) is 0 Å². The molecule has 0 aliphatic carbocycles. The summed E-state index contributed by atoms with van der Waals surface area (Å²) < 4.78 is 0. The highest BCUT2D eigenvalue weighted by Crippen LogP contribution is 2.17. The van der Waals surface area contributed by atoms with Crippen LogP contribution in [0.3, 0.4) is 0 Å². The summed E-state index contributed by atoms with van der Waals surface area (Å²) in [6, 6.07) is 7.00. The molecule has 1 amide bonds. The van der Waals surface area contributed by atoms with Crippen LogP contribution in [0.1, 0.15) is 25.3 Å². The van der Waals surface area contributed by atoms with Gasteiger partial charge in [-0.15, -0.1) is 0 Å². The molecule has 0 unspecified atom stereocenters. The first-order valence-corrected chi connectivity index (χ1v) is 7.41. The van der Waals surface area contributed by atoms with E-state index in [1.807, 2.05) is 11.0 Å². The molecule has 0 fully saturated rings. The smallest absolute Gasteiger partial charge is 0.227 e. The van der Waals surface area contributed by atoms with Crippen molar-refractivity contribution in [3.8, 4) is 5.75 Å². The van der Waals surface area contributed by atoms with E-state index < -0.39 is 0 Å². The summed E-state index contributed by atoms with van der Waals surface area (Å²) in [6.07, 6.45) is 2.35. The summed E-state index contributed by atoms with van der Waals surface area (Å²) in [5.74, 6) is 0.268. The Kier molecular flexibility index (Phi) is 6.80. The molecule has 0 aliphatic rings. The number of carbonyl (C=O) groups excluding carboxylic acids is 1. The van der Waals surface area contributed by atoms with Crippen molar-refractivity contribution in [1.82, 2.24) is 4.90 Å². The number of halogens is 1. The first kappa shape index (κ1) is 15.0. The normalized spacial score (nSPS) is 10.3. The predicted octanol–water partition coefficient (Wildman–Crippen LogP) is 2.96. The van der Waals surface area contributed by atoms with E-state index in [1.165, 1.54) is 0 Å². The van der Waals surface area contributed by atoms with Crippen LogP contribution < -0.4 is 0 Å². The summed E-state index contributed by atoms with van der Waals surface area (Å²) in [6.45, 7) is 3.61. The van der Waals surface area contributed by atoms with Crippen molar-refractivity contribution in [2.75, 3.05) is 18.4 Å². The Hall–Kier alpha value is -1.03. The number of alkyl halides is 1. The summed E-state index contributed by atoms with van der Waals surface area (Å²) in [5, 5.41) is 10.4. The van der Waals surface area contributed by atoms with Crippen molar-refractivity contribution in [1.29, 1.82) is 0 Å². The number of unbranched alkanes of at least 4 members (excludes halogenated alkanes) is 1. The molecule has 18 heavy (non-hydrogen) atoms. The number of hydrogen-bond donors (Lipinski definition) is 1. The molecule has 1 N–H and O–H groups in total. The number of nitrogens with zero attached hydrogens (tertiary/aromatic N) is 1. The minimum Gasteiger partial charge on any atom is -0.508 e. The first-order chi connectivity index (χ1) is 8.69. The van der Waals surface area contributed by atoms with E-state index in [-0.39, 0.29) is 18.1 Å². The fraction of sp³-hybridized carbons (Fsp3) is 0.500. The highest BCUT2D eigenvalue weighted by Gasteiger charge is 2.14. The summed E-state index contributed by atoms with van der Waals surface area (Å²) in [5.41, 5.74) is 0.693. The maximum absolute atomic E-state index is 12.2. The Morgan fingerprint density at radius 1 is 1.33 bits per heavy atom. The number of hydrogen-bond acceptors (Lipinski definition) is 2. The Balaban J connectivity index is 2.63. The third-order valence-electron chi connectivity index (χ3n) is 2.82. The highest BCUT2D eigenvalue weighted by molar-refractivity contribution is 9.09. The Morgan fingerprint density at radius 3 is 2.67 bits per heavy atom. The number of carbonyl (C=O) groups is 1. The summed E-state index contributed by atoms with van der Waals surface area (Å²) in [7, 11) is 0. The predicted molar refractivity (Wildman–Crippen MR) is 77.1 cm³/mol. The molecule has 3 nitrogen and oxygen atoms in total. The molecule has 0 heterocycles. The van der Waals surface area contributed by atoms with Crippen LogP contribution in [-0.4, -0.2) is 34.3 Å². The number of rotatable bonds is 7. The highest BCUT2D eigenvalue weighted by atomic mass is 79.9. The average molecular weight is 314 g/mol. The minimum absolute atomic E-state index is 0.0735. The molecule has 0 atom stereocenters. The van der Waals surface area contributed by atoms with Gasteiger partial charge in [0.2, 0.25) is 5.91 Å². The van der Waals surface area contributed by atoms with Gasteiger partial charge in [0.25, 0.3) is 0 Å². The molecule has 0 saturated heterocycles. The van der Waals surface area contributed by atoms with Gasteiger partial charge in [0.05, 0.1) is 6.42 Å². The monoisotopic (exact) mass is 313 g/mol. The van der Waals surface area contributed by atoms with Crippen LogP contribution in [0.5, 0.6) is 5.75 Å². The van der Waals surface area contributed by atoms with Crippen LogP contribution in [-0.2, 0) is 11.2 Å². The molecule has 0 aliphatic heterocycles. The van der Waals surface area contributed by atoms with Gasteiger partial charge in [-0.1, -0.05) is 47.5 Å². The second-order valence-electron chi connectivity index (χ2n) is 4.23. The molecule has 0 aromatic heterocycles. The third kappa shape index (κ3) is 4.69. The van der Waals surface area contributed by atoms with Gasteiger partial charge in [0.15, 0.2) is 0 Å². The van der Waals surface area contributed by atoms with Crippen LogP contribution in [0.4, 0.5) is 0 Å². The first-order valence-electron chi connectivity index (χ1n) is 6.29. The van der Waals surface area contributed by atoms with Crippen molar-refractivity contribution in [3.05, 3.63) is 29.8 Å².